The van der Waals surface area contributed by atoms with Gasteiger partial charge in [0.25, 0.3) is 0 Å². The summed E-state index contributed by atoms with van der Waals surface area (Å²) in [7, 11) is -3.70. The molecule has 8 nitrogen and oxygen atoms in total. The van der Waals surface area contributed by atoms with Crippen molar-refractivity contribution in [2.24, 2.45) is 5.73 Å². The highest BCUT2D eigenvalue weighted by Gasteiger charge is 2.34. The predicted molar refractivity (Wildman–Crippen MR) is 127 cm³/mol. The highest BCUT2D eigenvalue weighted by Crippen LogP contribution is 2.29. The summed E-state index contributed by atoms with van der Waals surface area (Å²) in [4.78, 5) is 26.6. The summed E-state index contributed by atoms with van der Waals surface area (Å²) >= 11 is 0. The van der Waals surface area contributed by atoms with Crippen LogP contribution >= 0.6 is 0 Å². The largest absolute Gasteiger partial charge is 0.352 e. The van der Waals surface area contributed by atoms with Gasteiger partial charge in [-0.25, -0.2) is 13.2 Å². The van der Waals surface area contributed by atoms with E-state index in [0.717, 1.165) is 27.8 Å². The minimum Gasteiger partial charge on any atom is -0.352 e. The molecule has 3 amide bonds. The van der Waals surface area contributed by atoms with E-state index >= 15 is 0 Å². The van der Waals surface area contributed by atoms with Crippen LogP contribution in [0.4, 0.5) is 4.79 Å². The van der Waals surface area contributed by atoms with Crippen molar-refractivity contribution < 1.29 is 18.0 Å². The number of primary amides is 1. The maximum absolute atomic E-state index is 13.5. The van der Waals surface area contributed by atoms with Crippen LogP contribution in [-0.4, -0.2) is 61.8 Å². The Morgan fingerprint density at radius 3 is 2.03 bits per heavy atom. The number of nitrogens with one attached hydrogen (secondary N) is 1. The summed E-state index contributed by atoms with van der Waals surface area (Å²) in [5, 5.41) is 2.54. The fourth-order valence-electron chi connectivity index (χ4n) is 4.29. The Balaban J connectivity index is 1.75. The lowest BCUT2D eigenvalue weighted by Gasteiger charge is -2.36. The SMILES string of the molecule is Cc1cc(C)c(C)c(S(=O)(=O)N2CCN(C(=O)[C@H](Cc3ccccc3)NC(N)=O)CC2)c1C. The fourth-order valence-corrected chi connectivity index (χ4v) is 6.29. The zero-order valence-corrected chi connectivity index (χ0v) is 20.4. The van der Waals surface area contributed by atoms with Crippen LogP contribution in [0.3, 0.4) is 0 Å². The average Bonchev–Trinajstić information content (AvgIpc) is 2.77. The van der Waals surface area contributed by atoms with E-state index in [4.69, 9.17) is 5.73 Å². The van der Waals surface area contributed by atoms with Gasteiger partial charge in [0, 0.05) is 32.6 Å². The van der Waals surface area contributed by atoms with Crippen molar-refractivity contribution >= 4 is 22.0 Å². The van der Waals surface area contributed by atoms with Gasteiger partial charge in [0.2, 0.25) is 15.9 Å². The van der Waals surface area contributed by atoms with Crippen LogP contribution in [0.1, 0.15) is 27.8 Å². The molecule has 1 saturated heterocycles. The van der Waals surface area contributed by atoms with E-state index in [1.807, 2.05) is 64.1 Å². The van der Waals surface area contributed by atoms with Crippen molar-refractivity contribution in [3.05, 3.63) is 64.2 Å². The normalized spacial score (nSPS) is 15.8. The molecule has 0 aromatic heterocycles. The Labute approximate surface area is 195 Å². The zero-order valence-electron chi connectivity index (χ0n) is 19.6. The van der Waals surface area contributed by atoms with Gasteiger partial charge >= 0.3 is 6.03 Å². The molecule has 178 valence electrons. The number of hydrogen-bond acceptors (Lipinski definition) is 4. The van der Waals surface area contributed by atoms with Crippen LogP contribution in [0.25, 0.3) is 0 Å². The average molecular weight is 473 g/mol. The summed E-state index contributed by atoms with van der Waals surface area (Å²) in [5.41, 5.74) is 9.58. The Hall–Kier alpha value is -2.91. The molecule has 1 aliphatic heterocycles. The maximum Gasteiger partial charge on any atom is 0.312 e. The molecule has 1 fully saturated rings. The molecule has 1 aliphatic rings. The minimum atomic E-state index is -3.70. The second-order valence-corrected chi connectivity index (χ2v) is 10.4. The smallest absolute Gasteiger partial charge is 0.312 e. The Morgan fingerprint density at radius 1 is 0.970 bits per heavy atom. The lowest BCUT2D eigenvalue weighted by Crippen LogP contribution is -2.57. The van der Waals surface area contributed by atoms with Crippen molar-refractivity contribution in [1.82, 2.24) is 14.5 Å². The first-order valence-corrected chi connectivity index (χ1v) is 12.4. The lowest BCUT2D eigenvalue weighted by atomic mass is 10.0. The number of sulfonamides is 1. The molecule has 3 rings (SSSR count). The number of benzene rings is 2. The Morgan fingerprint density at radius 2 is 1.52 bits per heavy atom. The van der Waals surface area contributed by atoms with Crippen LogP contribution in [0.15, 0.2) is 41.3 Å². The van der Waals surface area contributed by atoms with E-state index < -0.39 is 22.1 Å². The van der Waals surface area contributed by atoms with Crippen LogP contribution < -0.4 is 11.1 Å². The van der Waals surface area contributed by atoms with Gasteiger partial charge < -0.3 is 16.0 Å². The van der Waals surface area contributed by atoms with Crippen molar-refractivity contribution in [2.45, 2.75) is 45.1 Å². The summed E-state index contributed by atoms with van der Waals surface area (Å²) in [6.07, 6.45) is 0.308. The fraction of sp³-hybridized carbons (Fsp3) is 0.417. The van der Waals surface area contributed by atoms with Gasteiger partial charge in [-0.05, 0) is 55.5 Å². The number of rotatable bonds is 6. The third-order valence-electron chi connectivity index (χ3n) is 6.34. The monoisotopic (exact) mass is 472 g/mol. The number of nitrogens with two attached hydrogens (primary N) is 1. The number of nitrogens with zero attached hydrogens (tertiary/aromatic N) is 2. The second-order valence-electron chi connectivity index (χ2n) is 8.57. The molecule has 3 N–H and O–H groups in total. The molecular formula is C24H32N4O4S. The molecule has 0 aliphatic carbocycles. The van der Waals surface area contributed by atoms with E-state index in [1.165, 1.54) is 4.31 Å². The van der Waals surface area contributed by atoms with Crippen molar-refractivity contribution in [1.29, 1.82) is 0 Å². The second kappa shape index (κ2) is 9.93. The van der Waals surface area contributed by atoms with E-state index in [2.05, 4.69) is 5.32 Å². The predicted octanol–water partition coefficient (Wildman–Crippen LogP) is 2.03. The highest BCUT2D eigenvalue weighted by molar-refractivity contribution is 7.89. The number of carbonyl (C=O) groups is 2. The van der Waals surface area contributed by atoms with Gasteiger partial charge in [-0.3, -0.25) is 4.79 Å². The van der Waals surface area contributed by atoms with Gasteiger partial charge in [-0.1, -0.05) is 36.4 Å². The molecule has 9 heteroatoms. The third-order valence-corrected chi connectivity index (χ3v) is 8.52. The Bertz CT molecular complexity index is 1110. The summed E-state index contributed by atoms with van der Waals surface area (Å²) in [5.74, 6) is -0.270. The van der Waals surface area contributed by atoms with Gasteiger partial charge in [0.05, 0.1) is 4.90 Å². The number of hydrogen-bond donors (Lipinski definition) is 2. The first-order chi connectivity index (χ1) is 15.5. The zero-order chi connectivity index (χ0) is 24.3. The number of piperazine rings is 1. The first-order valence-electron chi connectivity index (χ1n) is 11.0. The topological polar surface area (TPSA) is 113 Å². The summed E-state index contributed by atoms with van der Waals surface area (Å²) < 4.78 is 28.4. The van der Waals surface area contributed by atoms with E-state index in [1.54, 1.807) is 4.90 Å². The van der Waals surface area contributed by atoms with Crippen molar-refractivity contribution in [3.8, 4) is 0 Å². The van der Waals surface area contributed by atoms with Crippen LogP contribution in [0.2, 0.25) is 0 Å². The minimum absolute atomic E-state index is 0.189. The summed E-state index contributed by atoms with van der Waals surface area (Å²) in [6.45, 7) is 8.35. The molecule has 1 heterocycles. The van der Waals surface area contributed by atoms with Crippen LogP contribution in [0.5, 0.6) is 0 Å². The molecule has 2 aromatic rings. The van der Waals surface area contributed by atoms with Gasteiger partial charge in [-0.15, -0.1) is 0 Å². The highest BCUT2D eigenvalue weighted by atomic mass is 32.2. The molecular weight excluding hydrogens is 440 g/mol. The van der Waals surface area contributed by atoms with Crippen LogP contribution in [0, 0.1) is 27.7 Å². The van der Waals surface area contributed by atoms with Gasteiger partial charge in [-0.2, -0.15) is 4.31 Å². The van der Waals surface area contributed by atoms with E-state index in [0.29, 0.717) is 11.3 Å². The number of carbonyl (C=O) groups excluding carboxylic acids is 2. The molecule has 1 atom stereocenters. The molecule has 33 heavy (non-hydrogen) atoms. The van der Waals surface area contributed by atoms with Crippen molar-refractivity contribution in [3.63, 3.8) is 0 Å². The molecule has 0 radical (unpaired) electrons. The van der Waals surface area contributed by atoms with Crippen LogP contribution in [-0.2, 0) is 21.2 Å². The Kier molecular flexibility index (Phi) is 7.44. The number of amides is 3. The molecule has 0 saturated carbocycles. The molecule has 0 spiro atoms. The first kappa shape index (κ1) is 24.7. The molecule has 0 unspecified atom stereocenters. The number of urea groups is 1. The summed E-state index contributed by atoms with van der Waals surface area (Å²) in [6, 6.07) is 9.77. The standard InChI is InChI=1S/C24H32N4O4S/c1-16-14-17(2)19(4)22(18(16)3)33(31,32)28-12-10-27(11-13-28)23(29)21(26-24(25)30)15-20-8-6-5-7-9-20/h5-9,14,21H,10-13,15H2,1-4H3,(H3,25,26,30)/t21-/m0/s1. The lowest BCUT2D eigenvalue weighted by molar-refractivity contribution is -0.134. The molecule has 2 aromatic carbocycles. The van der Waals surface area contributed by atoms with Crippen molar-refractivity contribution in [2.75, 3.05) is 26.2 Å². The van der Waals surface area contributed by atoms with Gasteiger partial charge in [0.15, 0.2) is 0 Å². The number of aryl methyl sites for hydroxylation is 2. The maximum atomic E-state index is 13.5. The quantitative estimate of drug-likeness (QED) is 0.670. The van der Waals surface area contributed by atoms with Gasteiger partial charge in [0.1, 0.15) is 6.04 Å². The molecule has 0 bridgehead atoms. The van der Waals surface area contributed by atoms with E-state index in [-0.39, 0.29) is 32.1 Å². The third kappa shape index (κ3) is 5.36. The van der Waals surface area contributed by atoms with E-state index in [9.17, 15) is 18.0 Å².